The van der Waals surface area contributed by atoms with Crippen LogP contribution in [0.25, 0.3) is 0 Å². The quantitative estimate of drug-likeness (QED) is 0.642. The molecule has 1 rings (SSSR count). The second-order valence-electron chi connectivity index (χ2n) is 3.61. The Morgan fingerprint density at radius 3 is 2.77 bits per heavy atom. The molecule has 0 atom stereocenters. The second-order valence-corrected chi connectivity index (χ2v) is 4.01. The van der Waals surface area contributed by atoms with Crippen LogP contribution >= 0.6 is 15.9 Å². The summed E-state index contributed by atoms with van der Waals surface area (Å²) in [7, 11) is 0. The van der Waals surface area contributed by atoms with Crippen molar-refractivity contribution in [1.82, 2.24) is 0 Å². The highest BCUT2D eigenvalue weighted by Gasteiger charge is 2.09. The number of allylic oxidation sites excluding steroid dienone is 2. The lowest BCUT2D eigenvalue weighted by atomic mass is 9.89. The monoisotopic (exact) mass is 240 g/mol. The van der Waals surface area contributed by atoms with Crippen LogP contribution in [0.1, 0.15) is 51.9 Å². The van der Waals surface area contributed by atoms with Crippen molar-refractivity contribution >= 4 is 15.9 Å². The molecule has 0 aromatic carbocycles. The Bertz CT molecular complexity index is 240. The summed E-state index contributed by atoms with van der Waals surface area (Å²) in [6.45, 7) is 2.25. The van der Waals surface area contributed by atoms with Gasteiger partial charge in [0, 0.05) is 21.5 Å². The maximum atomic E-state index is 3.19. The molecular formula is C12H17Br. The van der Waals surface area contributed by atoms with Crippen molar-refractivity contribution < 1.29 is 0 Å². The van der Waals surface area contributed by atoms with Crippen molar-refractivity contribution in [2.24, 2.45) is 0 Å². The van der Waals surface area contributed by atoms with Crippen LogP contribution in [0.15, 0.2) is 11.1 Å². The van der Waals surface area contributed by atoms with E-state index in [1.165, 1.54) is 50.5 Å². The third kappa shape index (κ3) is 3.56. The minimum Gasteiger partial charge on any atom is -0.0654 e. The van der Waals surface area contributed by atoms with Gasteiger partial charge in [-0.3, -0.25) is 0 Å². The number of halogens is 1. The zero-order valence-corrected chi connectivity index (χ0v) is 9.91. The van der Waals surface area contributed by atoms with Gasteiger partial charge in [0.25, 0.3) is 0 Å². The highest BCUT2D eigenvalue weighted by molar-refractivity contribution is 9.12. The summed E-state index contributed by atoms with van der Waals surface area (Å²) in [5.74, 6) is 3.19. The zero-order valence-electron chi connectivity index (χ0n) is 8.33. The van der Waals surface area contributed by atoms with Crippen molar-refractivity contribution in [2.75, 3.05) is 0 Å². The Kier molecular flexibility index (Phi) is 5.23. The lowest BCUT2D eigenvalue weighted by Gasteiger charge is -2.16. The molecule has 1 aliphatic rings. The van der Waals surface area contributed by atoms with Gasteiger partial charge in [0.05, 0.1) is 0 Å². The highest BCUT2D eigenvalue weighted by atomic mass is 79.9. The third-order valence-electron chi connectivity index (χ3n) is 2.61. The van der Waals surface area contributed by atoms with Crippen LogP contribution < -0.4 is 0 Å². The molecule has 0 bridgehead atoms. The summed E-state index contributed by atoms with van der Waals surface area (Å²) in [5.41, 5.74) is 3.04. The van der Waals surface area contributed by atoms with Gasteiger partial charge in [0.1, 0.15) is 0 Å². The Morgan fingerprint density at radius 1 is 1.31 bits per heavy atom. The molecule has 0 spiro atoms. The van der Waals surface area contributed by atoms with Gasteiger partial charge in [-0.1, -0.05) is 24.8 Å². The van der Waals surface area contributed by atoms with E-state index in [-0.39, 0.29) is 0 Å². The number of hydrogen-bond acceptors (Lipinski definition) is 0. The average Bonchev–Trinajstić information content (AvgIpc) is 2.17. The Labute approximate surface area is 89.9 Å². The molecule has 0 amide bonds. The standard InChI is InChI=1S/C12H17Br/c1-2-3-6-11-7-4-5-8-12(11)9-10-13/h2-8H2,1H3. The van der Waals surface area contributed by atoms with Crippen LogP contribution in [0.3, 0.4) is 0 Å². The highest BCUT2D eigenvalue weighted by Crippen LogP contribution is 2.27. The molecule has 13 heavy (non-hydrogen) atoms. The van der Waals surface area contributed by atoms with E-state index >= 15 is 0 Å². The van der Waals surface area contributed by atoms with Crippen molar-refractivity contribution in [3.63, 3.8) is 0 Å². The molecule has 0 aliphatic heterocycles. The van der Waals surface area contributed by atoms with Crippen LogP contribution in [0, 0.1) is 10.8 Å². The first-order chi connectivity index (χ1) is 6.38. The molecule has 1 aliphatic carbocycles. The molecule has 72 valence electrons. The van der Waals surface area contributed by atoms with Gasteiger partial charge in [0.2, 0.25) is 0 Å². The van der Waals surface area contributed by atoms with E-state index in [9.17, 15) is 0 Å². The summed E-state index contributed by atoms with van der Waals surface area (Å²) in [5, 5.41) is 0. The maximum Gasteiger partial charge on any atom is 0.0110 e. The summed E-state index contributed by atoms with van der Waals surface area (Å²) < 4.78 is 0. The Hall–Kier alpha value is -0.220. The van der Waals surface area contributed by atoms with Gasteiger partial charge in [-0.15, -0.1) is 0 Å². The van der Waals surface area contributed by atoms with E-state index in [1.54, 1.807) is 5.57 Å². The fourth-order valence-corrected chi connectivity index (χ4v) is 2.08. The molecule has 0 heterocycles. The van der Waals surface area contributed by atoms with Crippen molar-refractivity contribution in [2.45, 2.75) is 51.9 Å². The first-order valence-corrected chi connectivity index (χ1v) is 6.00. The number of hydrogen-bond donors (Lipinski definition) is 0. The minimum absolute atomic E-state index is 1.21. The van der Waals surface area contributed by atoms with Gasteiger partial charge >= 0.3 is 0 Å². The van der Waals surface area contributed by atoms with Crippen LogP contribution in [0.2, 0.25) is 0 Å². The van der Waals surface area contributed by atoms with Crippen molar-refractivity contribution in [3.05, 3.63) is 11.1 Å². The Morgan fingerprint density at radius 2 is 2.08 bits per heavy atom. The molecule has 0 N–H and O–H groups in total. The summed E-state index contributed by atoms with van der Waals surface area (Å²) in [6.07, 6.45) is 9.07. The van der Waals surface area contributed by atoms with E-state index in [0.29, 0.717) is 0 Å². The third-order valence-corrected chi connectivity index (χ3v) is 2.81. The molecule has 1 heteroatoms. The smallest absolute Gasteiger partial charge is 0.0110 e. The van der Waals surface area contributed by atoms with Gasteiger partial charge < -0.3 is 0 Å². The van der Waals surface area contributed by atoms with E-state index in [4.69, 9.17) is 0 Å². The fourth-order valence-electron chi connectivity index (χ4n) is 1.84. The first-order valence-electron chi connectivity index (χ1n) is 5.21. The molecule has 0 fully saturated rings. The van der Waals surface area contributed by atoms with Gasteiger partial charge in [-0.2, -0.15) is 0 Å². The summed E-state index contributed by atoms with van der Waals surface area (Å²) in [4.78, 5) is 2.85. The lowest BCUT2D eigenvalue weighted by Crippen LogP contribution is -1.98. The summed E-state index contributed by atoms with van der Waals surface area (Å²) >= 11 is 3.19. The number of rotatable bonds is 3. The Balaban J connectivity index is 2.63. The first kappa shape index (κ1) is 10.9. The van der Waals surface area contributed by atoms with Crippen molar-refractivity contribution in [1.29, 1.82) is 0 Å². The zero-order chi connectivity index (χ0) is 9.52. The molecule has 0 aromatic heterocycles. The fraction of sp³-hybridized carbons (Fsp3) is 0.667. The molecule has 0 radical (unpaired) electrons. The molecular weight excluding hydrogens is 224 g/mol. The van der Waals surface area contributed by atoms with E-state index < -0.39 is 0 Å². The lowest BCUT2D eigenvalue weighted by molar-refractivity contribution is 0.642. The van der Waals surface area contributed by atoms with Crippen LogP contribution in [-0.2, 0) is 0 Å². The predicted molar refractivity (Wildman–Crippen MR) is 61.7 cm³/mol. The SMILES string of the molecule is CCCCC1=C(C#CBr)CCCC1. The summed E-state index contributed by atoms with van der Waals surface area (Å²) in [6, 6.07) is 0. The largest absolute Gasteiger partial charge is 0.0654 e. The van der Waals surface area contributed by atoms with Gasteiger partial charge in [-0.25, -0.2) is 0 Å². The van der Waals surface area contributed by atoms with Crippen molar-refractivity contribution in [3.8, 4) is 10.8 Å². The molecule has 0 unspecified atom stereocenters. The normalized spacial score (nSPS) is 16.8. The van der Waals surface area contributed by atoms with E-state index in [1.807, 2.05) is 0 Å². The maximum absolute atomic E-state index is 3.19. The topological polar surface area (TPSA) is 0 Å². The molecule has 0 saturated carbocycles. The predicted octanol–water partition coefficient (Wildman–Crippen LogP) is 4.40. The van der Waals surface area contributed by atoms with Crippen LogP contribution in [0.4, 0.5) is 0 Å². The molecule has 0 saturated heterocycles. The van der Waals surface area contributed by atoms with Gasteiger partial charge in [0.15, 0.2) is 0 Å². The second kappa shape index (κ2) is 6.27. The van der Waals surface area contributed by atoms with Crippen LogP contribution in [0.5, 0.6) is 0 Å². The molecule has 0 aromatic rings. The molecule has 0 nitrogen and oxygen atoms in total. The average molecular weight is 241 g/mol. The van der Waals surface area contributed by atoms with E-state index in [2.05, 4.69) is 33.6 Å². The van der Waals surface area contributed by atoms with E-state index in [0.717, 1.165) is 0 Å². The van der Waals surface area contributed by atoms with Crippen LogP contribution in [-0.4, -0.2) is 0 Å². The number of unbranched alkanes of at least 4 members (excludes halogenated alkanes) is 1. The minimum atomic E-state index is 1.21. The van der Waals surface area contributed by atoms with Gasteiger partial charge in [-0.05, 0) is 43.4 Å².